The Bertz CT molecular complexity index is 479. The lowest BCUT2D eigenvalue weighted by Crippen LogP contribution is -2.44. The molecular formula is C16H25N3O. The molecule has 1 fully saturated rings. The lowest BCUT2D eigenvalue weighted by atomic mass is 10.1. The number of hydrogen-bond donors (Lipinski definition) is 0. The van der Waals surface area contributed by atoms with Crippen LogP contribution < -0.4 is 9.80 Å². The van der Waals surface area contributed by atoms with Gasteiger partial charge in [0, 0.05) is 56.7 Å². The molecule has 0 bridgehead atoms. The van der Waals surface area contributed by atoms with E-state index in [2.05, 4.69) is 40.8 Å². The van der Waals surface area contributed by atoms with Crippen LogP contribution in [0.2, 0.25) is 0 Å². The molecule has 1 aromatic carbocycles. The lowest BCUT2D eigenvalue weighted by Gasteiger charge is -2.34. The van der Waals surface area contributed by atoms with Crippen molar-refractivity contribution in [3.63, 3.8) is 0 Å². The van der Waals surface area contributed by atoms with Gasteiger partial charge in [-0.3, -0.25) is 4.79 Å². The van der Waals surface area contributed by atoms with E-state index in [0.717, 1.165) is 44.0 Å². The van der Waals surface area contributed by atoms with Crippen LogP contribution in [-0.4, -0.2) is 57.5 Å². The predicted octanol–water partition coefficient (Wildman–Crippen LogP) is 2.10. The Morgan fingerprint density at radius 1 is 1.25 bits per heavy atom. The number of Topliss-reactive ketones (excluding diaryl/α,β-unsaturated/α-hetero) is 1. The Balaban J connectivity index is 2.29. The summed E-state index contributed by atoms with van der Waals surface area (Å²) in [6.07, 6.45) is 0. The van der Waals surface area contributed by atoms with E-state index in [-0.39, 0.29) is 5.78 Å². The summed E-state index contributed by atoms with van der Waals surface area (Å²) in [5.74, 6) is 0.130. The molecule has 0 aromatic heterocycles. The molecule has 20 heavy (non-hydrogen) atoms. The fourth-order valence-electron chi connectivity index (χ4n) is 2.57. The molecule has 0 unspecified atom stereocenters. The summed E-state index contributed by atoms with van der Waals surface area (Å²) in [5, 5.41) is 0. The topological polar surface area (TPSA) is 26.8 Å². The van der Waals surface area contributed by atoms with Crippen molar-refractivity contribution >= 4 is 17.2 Å². The van der Waals surface area contributed by atoms with Gasteiger partial charge in [0.15, 0.2) is 5.78 Å². The SMILES string of the molecule is CCN(C)c1cc(N2CCN(C)CC2)ccc1C(C)=O. The third kappa shape index (κ3) is 3.12. The van der Waals surface area contributed by atoms with Crippen molar-refractivity contribution in [3.8, 4) is 0 Å². The summed E-state index contributed by atoms with van der Waals surface area (Å²) in [6, 6.07) is 6.21. The quantitative estimate of drug-likeness (QED) is 0.786. The van der Waals surface area contributed by atoms with E-state index in [0.29, 0.717) is 0 Å². The van der Waals surface area contributed by atoms with Gasteiger partial charge in [-0.25, -0.2) is 0 Å². The summed E-state index contributed by atoms with van der Waals surface area (Å²) in [4.78, 5) is 18.7. The Kier molecular flexibility index (Phi) is 4.65. The van der Waals surface area contributed by atoms with Gasteiger partial charge in [-0.2, -0.15) is 0 Å². The molecule has 4 heteroatoms. The number of carbonyl (C=O) groups is 1. The highest BCUT2D eigenvalue weighted by atomic mass is 16.1. The van der Waals surface area contributed by atoms with Crippen LogP contribution in [0.4, 0.5) is 11.4 Å². The molecule has 1 saturated heterocycles. The number of likely N-dealkylation sites (N-methyl/N-ethyl adjacent to an activating group) is 1. The number of benzene rings is 1. The summed E-state index contributed by atoms with van der Waals surface area (Å²) in [7, 11) is 4.20. The van der Waals surface area contributed by atoms with Crippen molar-refractivity contribution in [2.45, 2.75) is 13.8 Å². The molecule has 1 aliphatic heterocycles. The molecule has 1 heterocycles. The van der Waals surface area contributed by atoms with E-state index in [9.17, 15) is 4.79 Å². The molecule has 0 amide bonds. The molecule has 4 nitrogen and oxygen atoms in total. The molecule has 110 valence electrons. The van der Waals surface area contributed by atoms with Gasteiger partial charge in [0.25, 0.3) is 0 Å². The second kappa shape index (κ2) is 6.27. The predicted molar refractivity (Wildman–Crippen MR) is 85.1 cm³/mol. The van der Waals surface area contributed by atoms with Crippen molar-refractivity contribution in [2.24, 2.45) is 0 Å². The van der Waals surface area contributed by atoms with Gasteiger partial charge >= 0.3 is 0 Å². The number of nitrogens with zero attached hydrogens (tertiary/aromatic N) is 3. The van der Waals surface area contributed by atoms with Crippen molar-refractivity contribution in [1.29, 1.82) is 0 Å². The average molecular weight is 275 g/mol. The van der Waals surface area contributed by atoms with E-state index in [1.807, 2.05) is 13.1 Å². The number of rotatable bonds is 4. The van der Waals surface area contributed by atoms with E-state index in [1.165, 1.54) is 5.69 Å². The van der Waals surface area contributed by atoms with Crippen LogP contribution in [0.25, 0.3) is 0 Å². The van der Waals surface area contributed by atoms with Crippen LogP contribution in [0, 0.1) is 0 Å². The fraction of sp³-hybridized carbons (Fsp3) is 0.562. The van der Waals surface area contributed by atoms with E-state index in [1.54, 1.807) is 6.92 Å². The van der Waals surface area contributed by atoms with Gasteiger partial charge < -0.3 is 14.7 Å². The van der Waals surface area contributed by atoms with E-state index < -0.39 is 0 Å². The normalized spacial score (nSPS) is 16.3. The summed E-state index contributed by atoms with van der Waals surface area (Å²) in [6.45, 7) is 8.91. The smallest absolute Gasteiger partial charge is 0.161 e. The maximum atomic E-state index is 11.8. The van der Waals surface area contributed by atoms with Gasteiger partial charge in [-0.05, 0) is 39.1 Å². The maximum Gasteiger partial charge on any atom is 0.161 e. The fourth-order valence-corrected chi connectivity index (χ4v) is 2.57. The van der Waals surface area contributed by atoms with Crippen LogP contribution in [0.15, 0.2) is 18.2 Å². The molecule has 1 aromatic rings. The monoisotopic (exact) mass is 275 g/mol. The summed E-state index contributed by atoms with van der Waals surface area (Å²) < 4.78 is 0. The molecule has 0 saturated carbocycles. The second-order valence-electron chi connectivity index (χ2n) is 5.56. The number of hydrogen-bond acceptors (Lipinski definition) is 4. The molecular weight excluding hydrogens is 250 g/mol. The van der Waals surface area contributed by atoms with Crippen LogP contribution in [0.5, 0.6) is 0 Å². The largest absolute Gasteiger partial charge is 0.374 e. The Morgan fingerprint density at radius 2 is 1.90 bits per heavy atom. The second-order valence-corrected chi connectivity index (χ2v) is 5.56. The van der Waals surface area contributed by atoms with Crippen LogP contribution in [0.3, 0.4) is 0 Å². The zero-order valence-corrected chi connectivity index (χ0v) is 13.0. The molecule has 2 rings (SSSR count). The average Bonchev–Trinajstić information content (AvgIpc) is 2.46. The van der Waals surface area contributed by atoms with Crippen molar-refractivity contribution in [1.82, 2.24) is 4.90 Å². The molecule has 0 spiro atoms. The lowest BCUT2D eigenvalue weighted by molar-refractivity contribution is 0.101. The summed E-state index contributed by atoms with van der Waals surface area (Å²) in [5.41, 5.74) is 3.07. The standard InChI is InChI=1S/C16H25N3O/c1-5-18(4)16-12-14(6-7-15(16)13(2)20)19-10-8-17(3)9-11-19/h6-7,12H,5,8-11H2,1-4H3. The Labute approximate surface area is 122 Å². The van der Waals surface area contributed by atoms with Gasteiger partial charge in [-0.1, -0.05) is 0 Å². The minimum atomic E-state index is 0.130. The van der Waals surface area contributed by atoms with Gasteiger partial charge in [0.1, 0.15) is 0 Å². The summed E-state index contributed by atoms with van der Waals surface area (Å²) >= 11 is 0. The molecule has 0 N–H and O–H groups in total. The number of piperazine rings is 1. The van der Waals surface area contributed by atoms with Crippen LogP contribution >= 0.6 is 0 Å². The number of ketones is 1. The van der Waals surface area contributed by atoms with Crippen molar-refractivity contribution in [3.05, 3.63) is 23.8 Å². The van der Waals surface area contributed by atoms with E-state index in [4.69, 9.17) is 0 Å². The minimum Gasteiger partial charge on any atom is -0.374 e. The first-order chi connectivity index (χ1) is 9.52. The zero-order valence-electron chi connectivity index (χ0n) is 13.0. The third-order valence-corrected chi connectivity index (χ3v) is 4.11. The zero-order chi connectivity index (χ0) is 14.7. The highest BCUT2D eigenvalue weighted by Crippen LogP contribution is 2.27. The van der Waals surface area contributed by atoms with E-state index >= 15 is 0 Å². The third-order valence-electron chi connectivity index (χ3n) is 4.11. The van der Waals surface area contributed by atoms with Crippen LogP contribution in [-0.2, 0) is 0 Å². The van der Waals surface area contributed by atoms with Crippen LogP contribution in [0.1, 0.15) is 24.2 Å². The molecule has 0 atom stereocenters. The highest BCUT2D eigenvalue weighted by Gasteiger charge is 2.17. The van der Waals surface area contributed by atoms with Gasteiger partial charge in [0.2, 0.25) is 0 Å². The minimum absolute atomic E-state index is 0.130. The Morgan fingerprint density at radius 3 is 2.45 bits per heavy atom. The first kappa shape index (κ1) is 14.9. The van der Waals surface area contributed by atoms with Crippen molar-refractivity contribution in [2.75, 3.05) is 56.6 Å². The maximum absolute atomic E-state index is 11.8. The molecule has 0 aliphatic carbocycles. The first-order valence-corrected chi connectivity index (χ1v) is 7.32. The van der Waals surface area contributed by atoms with Crippen molar-refractivity contribution < 1.29 is 4.79 Å². The highest BCUT2D eigenvalue weighted by molar-refractivity contribution is 6.00. The number of carbonyl (C=O) groups excluding carboxylic acids is 1. The Hall–Kier alpha value is -1.55. The first-order valence-electron chi connectivity index (χ1n) is 7.32. The molecule has 1 aliphatic rings. The molecule has 0 radical (unpaired) electrons. The van der Waals surface area contributed by atoms with Gasteiger partial charge in [-0.15, -0.1) is 0 Å². The number of anilines is 2. The van der Waals surface area contributed by atoms with Gasteiger partial charge in [0.05, 0.1) is 0 Å².